The predicted molar refractivity (Wildman–Crippen MR) is 51.9 cm³/mol. The van der Waals surface area contributed by atoms with E-state index in [9.17, 15) is 0 Å². The predicted octanol–water partition coefficient (Wildman–Crippen LogP) is 0.265. The fourth-order valence-electron chi connectivity index (χ4n) is 1.62. The SMILES string of the molecule is CN(C)C1=C(N(C)C)C1N(C)C. The molecule has 70 valence electrons. The zero-order valence-electron chi connectivity index (χ0n) is 8.92. The van der Waals surface area contributed by atoms with E-state index in [2.05, 4.69) is 57.0 Å². The van der Waals surface area contributed by atoms with Crippen molar-refractivity contribution in [3.8, 4) is 0 Å². The summed E-state index contributed by atoms with van der Waals surface area (Å²) in [4.78, 5) is 6.63. The van der Waals surface area contributed by atoms with E-state index >= 15 is 0 Å². The number of hydrogen-bond donors (Lipinski definition) is 0. The quantitative estimate of drug-likeness (QED) is 0.600. The summed E-state index contributed by atoms with van der Waals surface area (Å²) in [6.45, 7) is 0. The number of rotatable bonds is 3. The maximum atomic E-state index is 2.24. The summed E-state index contributed by atoms with van der Waals surface area (Å²) in [5, 5.41) is 0. The lowest BCUT2D eigenvalue weighted by molar-refractivity contribution is 0.352. The largest absolute Gasteiger partial charge is 0.378 e. The topological polar surface area (TPSA) is 9.72 Å². The summed E-state index contributed by atoms with van der Waals surface area (Å²) in [5.74, 6) is 0. The lowest BCUT2D eigenvalue weighted by Crippen LogP contribution is -2.24. The Bertz CT molecular complexity index is 186. The van der Waals surface area contributed by atoms with Crippen LogP contribution in [-0.4, -0.2) is 63.0 Å². The number of likely N-dealkylation sites (N-methyl/N-ethyl adjacent to an activating group) is 3. The molecule has 1 aliphatic rings. The summed E-state index contributed by atoms with van der Waals surface area (Å²) >= 11 is 0. The van der Waals surface area contributed by atoms with E-state index in [1.54, 1.807) is 0 Å². The molecular weight excluding hydrogens is 150 g/mol. The van der Waals surface area contributed by atoms with Gasteiger partial charge in [0.15, 0.2) is 0 Å². The van der Waals surface area contributed by atoms with E-state index in [0.717, 1.165) is 0 Å². The van der Waals surface area contributed by atoms with Crippen molar-refractivity contribution in [1.29, 1.82) is 0 Å². The van der Waals surface area contributed by atoms with Crippen molar-refractivity contribution in [2.24, 2.45) is 0 Å². The van der Waals surface area contributed by atoms with Crippen LogP contribution in [0.5, 0.6) is 0 Å². The Morgan fingerprint density at radius 1 is 0.750 bits per heavy atom. The molecule has 0 saturated carbocycles. The molecule has 1 rings (SSSR count). The maximum Gasteiger partial charge on any atom is 0.0934 e. The standard InChI is InChI=1S/C9H19N3/c1-10(2)7-8(11(3)4)9(7)12(5)6/h7H,1-6H3. The van der Waals surface area contributed by atoms with Gasteiger partial charge in [-0.2, -0.15) is 0 Å². The van der Waals surface area contributed by atoms with Gasteiger partial charge in [0.2, 0.25) is 0 Å². The second-order valence-corrected chi connectivity index (χ2v) is 3.93. The second kappa shape index (κ2) is 2.98. The van der Waals surface area contributed by atoms with Crippen molar-refractivity contribution in [3.63, 3.8) is 0 Å². The first kappa shape index (κ1) is 9.39. The van der Waals surface area contributed by atoms with Crippen molar-refractivity contribution in [1.82, 2.24) is 14.7 Å². The van der Waals surface area contributed by atoms with Crippen LogP contribution in [0.15, 0.2) is 11.4 Å². The highest BCUT2D eigenvalue weighted by Gasteiger charge is 2.41. The third-order valence-electron chi connectivity index (χ3n) is 2.18. The third kappa shape index (κ3) is 1.41. The Kier molecular flexibility index (Phi) is 2.33. The summed E-state index contributed by atoms with van der Waals surface area (Å²) < 4.78 is 0. The molecule has 0 unspecified atom stereocenters. The number of nitrogens with zero attached hydrogens (tertiary/aromatic N) is 3. The van der Waals surface area contributed by atoms with Crippen LogP contribution >= 0.6 is 0 Å². The van der Waals surface area contributed by atoms with Crippen LogP contribution in [0.2, 0.25) is 0 Å². The smallest absolute Gasteiger partial charge is 0.0934 e. The van der Waals surface area contributed by atoms with E-state index < -0.39 is 0 Å². The Labute approximate surface area is 75.2 Å². The summed E-state index contributed by atoms with van der Waals surface area (Å²) in [7, 11) is 12.6. The minimum atomic E-state index is 0.537. The van der Waals surface area contributed by atoms with E-state index in [1.807, 2.05) is 0 Å². The zero-order valence-corrected chi connectivity index (χ0v) is 8.92. The normalized spacial score (nSPS) is 17.2. The van der Waals surface area contributed by atoms with Crippen molar-refractivity contribution in [2.45, 2.75) is 6.04 Å². The highest BCUT2D eigenvalue weighted by atomic mass is 15.3. The Balaban J connectivity index is 2.68. The van der Waals surface area contributed by atoms with E-state index in [1.165, 1.54) is 11.4 Å². The van der Waals surface area contributed by atoms with Crippen LogP contribution in [0.25, 0.3) is 0 Å². The molecule has 0 bridgehead atoms. The monoisotopic (exact) mass is 169 g/mol. The molecule has 12 heavy (non-hydrogen) atoms. The Morgan fingerprint density at radius 2 is 1.08 bits per heavy atom. The molecule has 0 heterocycles. The summed E-state index contributed by atoms with van der Waals surface area (Å²) in [5.41, 5.74) is 2.87. The molecule has 0 aliphatic heterocycles. The summed E-state index contributed by atoms with van der Waals surface area (Å²) in [6, 6.07) is 0.537. The van der Waals surface area contributed by atoms with Gasteiger partial charge in [0.25, 0.3) is 0 Å². The highest BCUT2D eigenvalue weighted by Crippen LogP contribution is 2.37. The molecular formula is C9H19N3. The lowest BCUT2D eigenvalue weighted by atomic mass is 10.5. The first-order valence-corrected chi connectivity index (χ1v) is 4.22. The van der Waals surface area contributed by atoms with Crippen LogP contribution in [-0.2, 0) is 0 Å². The van der Waals surface area contributed by atoms with Crippen molar-refractivity contribution >= 4 is 0 Å². The average Bonchev–Trinajstić information content (AvgIpc) is 2.58. The first-order valence-electron chi connectivity index (χ1n) is 4.22. The first-order chi connectivity index (χ1) is 5.46. The van der Waals surface area contributed by atoms with Gasteiger partial charge in [0.05, 0.1) is 17.4 Å². The van der Waals surface area contributed by atoms with Gasteiger partial charge in [-0.25, -0.2) is 0 Å². The van der Waals surface area contributed by atoms with Crippen molar-refractivity contribution in [2.75, 3.05) is 42.3 Å². The second-order valence-electron chi connectivity index (χ2n) is 3.93. The van der Waals surface area contributed by atoms with Gasteiger partial charge in [0.1, 0.15) is 0 Å². The fraction of sp³-hybridized carbons (Fsp3) is 0.778. The zero-order chi connectivity index (χ0) is 9.46. The lowest BCUT2D eigenvalue weighted by Gasteiger charge is -2.15. The maximum absolute atomic E-state index is 2.24. The van der Waals surface area contributed by atoms with E-state index in [-0.39, 0.29) is 0 Å². The van der Waals surface area contributed by atoms with E-state index in [4.69, 9.17) is 0 Å². The molecule has 0 radical (unpaired) electrons. The molecule has 0 atom stereocenters. The summed E-state index contributed by atoms with van der Waals surface area (Å²) in [6.07, 6.45) is 0. The fourth-order valence-corrected chi connectivity index (χ4v) is 1.62. The molecule has 0 fully saturated rings. The van der Waals surface area contributed by atoms with Crippen molar-refractivity contribution in [3.05, 3.63) is 11.4 Å². The van der Waals surface area contributed by atoms with Gasteiger partial charge in [-0.15, -0.1) is 0 Å². The molecule has 0 N–H and O–H groups in total. The molecule has 0 aromatic carbocycles. The Hall–Kier alpha value is -0.700. The Morgan fingerprint density at radius 3 is 1.17 bits per heavy atom. The van der Waals surface area contributed by atoms with Crippen LogP contribution < -0.4 is 0 Å². The van der Waals surface area contributed by atoms with Gasteiger partial charge in [-0.1, -0.05) is 0 Å². The molecule has 0 saturated heterocycles. The van der Waals surface area contributed by atoms with Gasteiger partial charge >= 0.3 is 0 Å². The minimum Gasteiger partial charge on any atom is -0.378 e. The van der Waals surface area contributed by atoms with Crippen LogP contribution in [0.4, 0.5) is 0 Å². The van der Waals surface area contributed by atoms with Gasteiger partial charge in [0, 0.05) is 28.2 Å². The van der Waals surface area contributed by atoms with Crippen LogP contribution in [0.1, 0.15) is 0 Å². The highest BCUT2D eigenvalue weighted by molar-refractivity contribution is 5.43. The molecule has 1 aliphatic carbocycles. The van der Waals surface area contributed by atoms with Crippen LogP contribution in [0, 0.1) is 0 Å². The molecule has 3 nitrogen and oxygen atoms in total. The molecule has 0 spiro atoms. The molecule has 0 amide bonds. The van der Waals surface area contributed by atoms with Crippen LogP contribution in [0.3, 0.4) is 0 Å². The molecule has 0 aromatic rings. The third-order valence-corrected chi connectivity index (χ3v) is 2.18. The minimum absolute atomic E-state index is 0.537. The van der Waals surface area contributed by atoms with Gasteiger partial charge in [-0.05, 0) is 14.1 Å². The van der Waals surface area contributed by atoms with Gasteiger partial charge < -0.3 is 9.80 Å². The average molecular weight is 169 g/mol. The molecule has 3 heteroatoms. The van der Waals surface area contributed by atoms with Gasteiger partial charge in [-0.3, -0.25) is 4.90 Å². The van der Waals surface area contributed by atoms with Crippen molar-refractivity contribution < 1.29 is 0 Å². The molecule has 0 aromatic heterocycles. The number of hydrogen-bond acceptors (Lipinski definition) is 3. The van der Waals surface area contributed by atoms with E-state index in [0.29, 0.717) is 6.04 Å².